The van der Waals surface area contributed by atoms with Gasteiger partial charge in [0.15, 0.2) is 0 Å². The van der Waals surface area contributed by atoms with E-state index in [-0.39, 0.29) is 17.9 Å². The average Bonchev–Trinajstić information content (AvgIpc) is 2.55. The summed E-state index contributed by atoms with van der Waals surface area (Å²) in [4.78, 5) is 0. The Balaban J connectivity index is 1.93. The van der Waals surface area contributed by atoms with Crippen LogP contribution in [0.5, 0.6) is 0 Å². The minimum absolute atomic E-state index is 0.252. The highest BCUT2D eigenvalue weighted by atomic mass is 16.3. The molecule has 1 unspecified atom stereocenters. The van der Waals surface area contributed by atoms with E-state index in [1.807, 2.05) is 12.1 Å². The van der Waals surface area contributed by atoms with Gasteiger partial charge >= 0.3 is 0 Å². The molecule has 2 nitrogen and oxygen atoms in total. The normalized spacial score (nSPS) is 32.8. The van der Waals surface area contributed by atoms with E-state index >= 15 is 0 Å². The molecule has 21 heavy (non-hydrogen) atoms. The van der Waals surface area contributed by atoms with Gasteiger partial charge in [-0.15, -0.1) is 0 Å². The lowest BCUT2D eigenvalue weighted by molar-refractivity contribution is -0.760. The van der Waals surface area contributed by atoms with Gasteiger partial charge < -0.3 is 10.4 Å². The number of hydrogen-bond acceptors (Lipinski definition) is 1. The second-order valence-corrected chi connectivity index (χ2v) is 6.27. The molecule has 3 N–H and O–H groups in total. The third kappa shape index (κ3) is 2.74. The van der Waals surface area contributed by atoms with Gasteiger partial charge in [-0.25, -0.2) is 0 Å². The zero-order chi connectivity index (χ0) is 14.8. The van der Waals surface area contributed by atoms with E-state index in [2.05, 4.69) is 67.7 Å². The first kappa shape index (κ1) is 14.3. The Bertz CT molecular complexity index is 517. The average molecular weight is 282 g/mol. The van der Waals surface area contributed by atoms with Crippen molar-refractivity contribution < 1.29 is 10.4 Å². The maximum Gasteiger partial charge on any atom is 0.117 e. The molecule has 110 valence electrons. The van der Waals surface area contributed by atoms with E-state index in [0.717, 1.165) is 0 Å². The molecule has 0 saturated carbocycles. The first-order chi connectivity index (χ1) is 10.2. The van der Waals surface area contributed by atoms with Crippen LogP contribution in [0.3, 0.4) is 0 Å². The van der Waals surface area contributed by atoms with E-state index in [0.29, 0.717) is 12.1 Å². The fraction of sp³-hybridized carbons (Fsp3) is 0.368. The van der Waals surface area contributed by atoms with Crippen molar-refractivity contribution in [3.05, 3.63) is 71.8 Å². The Morgan fingerprint density at radius 2 is 1.10 bits per heavy atom. The van der Waals surface area contributed by atoms with E-state index < -0.39 is 0 Å². The summed E-state index contributed by atoms with van der Waals surface area (Å²) in [5.74, 6) is 0.504. The molecule has 1 fully saturated rings. The maximum atomic E-state index is 10.7. The molecule has 0 amide bonds. The number of benzene rings is 2. The summed E-state index contributed by atoms with van der Waals surface area (Å²) in [6, 6.07) is 21.7. The summed E-state index contributed by atoms with van der Waals surface area (Å²) in [6.07, 6.45) is -0.273. The van der Waals surface area contributed by atoms with Gasteiger partial charge in [0.25, 0.3) is 0 Å². The van der Waals surface area contributed by atoms with Gasteiger partial charge in [0.05, 0.1) is 6.10 Å². The van der Waals surface area contributed by atoms with Gasteiger partial charge in [-0.3, -0.25) is 0 Å². The molecule has 2 heteroatoms. The van der Waals surface area contributed by atoms with Crippen molar-refractivity contribution in [1.29, 1.82) is 0 Å². The standard InChI is InChI=1S/C19H23NO/c1-13-17(15-9-5-3-6-10-15)20-18(14(2)19(13)21)16-11-7-4-8-12-16/h3-14,17-21H,1-2H3/p+1/t13-,14+,17-,18-,19?/m0/s1. The van der Waals surface area contributed by atoms with Crippen molar-refractivity contribution in [2.75, 3.05) is 0 Å². The first-order valence-corrected chi connectivity index (χ1v) is 7.81. The third-order valence-corrected chi connectivity index (χ3v) is 4.99. The molecule has 2 aromatic rings. The molecule has 0 aliphatic carbocycles. The van der Waals surface area contributed by atoms with Crippen LogP contribution >= 0.6 is 0 Å². The Labute approximate surface area is 126 Å². The molecular weight excluding hydrogens is 258 g/mol. The maximum absolute atomic E-state index is 10.7. The van der Waals surface area contributed by atoms with Gasteiger partial charge in [0.1, 0.15) is 12.1 Å². The Morgan fingerprint density at radius 3 is 1.48 bits per heavy atom. The van der Waals surface area contributed by atoms with Crippen molar-refractivity contribution in [3.8, 4) is 0 Å². The number of aliphatic hydroxyl groups is 1. The van der Waals surface area contributed by atoms with Crippen molar-refractivity contribution in [3.63, 3.8) is 0 Å². The summed E-state index contributed by atoms with van der Waals surface area (Å²) in [5.41, 5.74) is 2.61. The second kappa shape index (κ2) is 6.00. The zero-order valence-corrected chi connectivity index (χ0v) is 12.7. The van der Waals surface area contributed by atoms with Crippen molar-refractivity contribution >= 4 is 0 Å². The lowest BCUT2D eigenvalue weighted by atomic mass is 9.75. The number of nitrogens with two attached hydrogens (primary N) is 1. The van der Waals surface area contributed by atoms with Gasteiger partial charge in [-0.1, -0.05) is 74.5 Å². The molecule has 0 spiro atoms. The van der Waals surface area contributed by atoms with E-state index in [1.54, 1.807) is 0 Å². The quantitative estimate of drug-likeness (QED) is 0.873. The molecule has 0 aromatic heterocycles. The molecule has 1 heterocycles. The first-order valence-electron chi connectivity index (χ1n) is 7.81. The third-order valence-electron chi connectivity index (χ3n) is 4.99. The number of hydrogen-bond donors (Lipinski definition) is 2. The summed E-state index contributed by atoms with van der Waals surface area (Å²) < 4.78 is 0. The highest BCUT2D eigenvalue weighted by Gasteiger charge is 2.43. The number of quaternary nitrogens is 1. The lowest BCUT2D eigenvalue weighted by Gasteiger charge is -2.41. The van der Waals surface area contributed by atoms with Crippen LogP contribution in [-0.2, 0) is 0 Å². The molecule has 1 saturated heterocycles. The van der Waals surface area contributed by atoms with Gasteiger partial charge in [0.2, 0.25) is 0 Å². The van der Waals surface area contributed by atoms with Crippen LogP contribution < -0.4 is 5.32 Å². The summed E-state index contributed by atoms with van der Waals surface area (Å²) in [5, 5.41) is 13.1. The molecule has 1 aliphatic rings. The van der Waals surface area contributed by atoms with Crippen LogP contribution in [0.15, 0.2) is 60.7 Å². The minimum Gasteiger partial charge on any atom is -0.392 e. The highest BCUT2D eigenvalue weighted by molar-refractivity contribution is 5.22. The van der Waals surface area contributed by atoms with Crippen molar-refractivity contribution in [1.82, 2.24) is 0 Å². The number of piperidine rings is 1. The van der Waals surface area contributed by atoms with Crippen molar-refractivity contribution in [2.24, 2.45) is 11.8 Å². The summed E-state index contributed by atoms with van der Waals surface area (Å²) in [7, 11) is 0. The van der Waals surface area contributed by atoms with Gasteiger partial charge in [-0.05, 0) is 0 Å². The van der Waals surface area contributed by atoms with Crippen molar-refractivity contribution in [2.45, 2.75) is 32.0 Å². The Kier molecular flexibility index (Phi) is 4.09. The van der Waals surface area contributed by atoms with Gasteiger partial charge in [0, 0.05) is 23.0 Å². The largest absolute Gasteiger partial charge is 0.392 e. The van der Waals surface area contributed by atoms with E-state index in [1.165, 1.54) is 11.1 Å². The monoisotopic (exact) mass is 282 g/mol. The number of aliphatic hydroxyl groups excluding tert-OH is 1. The SMILES string of the molecule is C[C@@H]1C(O)[C@H](C)[C@@H](c2ccccc2)[NH2+][C@@H]1c1ccccc1. The molecule has 1 aliphatic heterocycles. The van der Waals surface area contributed by atoms with Crippen LogP contribution in [0.4, 0.5) is 0 Å². The fourth-order valence-electron chi connectivity index (χ4n) is 3.66. The van der Waals surface area contributed by atoms with Gasteiger partial charge in [-0.2, -0.15) is 0 Å². The van der Waals surface area contributed by atoms with Crippen LogP contribution in [0.25, 0.3) is 0 Å². The Hall–Kier alpha value is -1.64. The van der Waals surface area contributed by atoms with Crippen LogP contribution in [0, 0.1) is 11.8 Å². The van der Waals surface area contributed by atoms with Crippen LogP contribution in [0.2, 0.25) is 0 Å². The Morgan fingerprint density at radius 1 is 0.714 bits per heavy atom. The highest BCUT2D eigenvalue weighted by Crippen LogP contribution is 2.35. The second-order valence-electron chi connectivity index (χ2n) is 6.27. The minimum atomic E-state index is -0.273. The van der Waals surface area contributed by atoms with E-state index in [9.17, 15) is 5.11 Å². The van der Waals surface area contributed by atoms with E-state index in [4.69, 9.17) is 0 Å². The summed E-state index contributed by atoms with van der Waals surface area (Å²) >= 11 is 0. The molecule has 2 aromatic carbocycles. The molecular formula is C19H24NO+. The van der Waals surface area contributed by atoms with Crippen LogP contribution in [0.1, 0.15) is 37.1 Å². The number of rotatable bonds is 2. The topological polar surface area (TPSA) is 36.8 Å². The lowest BCUT2D eigenvalue weighted by Crippen LogP contribution is -2.92. The molecule has 3 rings (SSSR count). The smallest absolute Gasteiger partial charge is 0.117 e. The summed E-state index contributed by atoms with van der Waals surface area (Å²) in [6.45, 7) is 4.33. The fourth-order valence-corrected chi connectivity index (χ4v) is 3.66. The molecule has 0 bridgehead atoms. The molecule has 0 radical (unpaired) electrons. The van der Waals surface area contributed by atoms with Crippen LogP contribution in [-0.4, -0.2) is 11.2 Å². The zero-order valence-electron chi connectivity index (χ0n) is 12.7. The molecule has 5 atom stereocenters. The predicted octanol–water partition coefficient (Wildman–Crippen LogP) is 2.68. The predicted molar refractivity (Wildman–Crippen MR) is 84.6 cm³/mol.